The molecule has 0 bridgehead atoms. The third kappa shape index (κ3) is 3.40. The first-order valence-corrected chi connectivity index (χ1v) is 6.63. The van der Waals surface area contributed by atoms with E-state index in [1.54, 1.807) is 0 Å². The van der Waals surface area contributed by atoms with Crippen molar-refractivity contribution in [3.63, 3.8) is 0 Å². The summed E-state index contributed by atoms with van der Waals surface area (Å²) in [7, 11) is 0. The summed E-state index contributed by atoms with van der Waals surface area (Å²) in [6.45, 7) is 2.06. The lowest BCUT2D eigenvalue weighted by atomic mass is 9.94. The monoisotopic (exact) mass is 276 g/mol. The molecule has 1 atom stereocenters. The van der Waals surface area contributed by atoms with Crippen LogP contribution in [0.3, 0.4) is 0 Å². The number of nitrogens with two attached hydrogens (primary N) is 1. The van der Waals surface area contributed by atoms with Crippen molar-refractivity contribution >= 4 is 0 Å². The Balaban J connectivity index is 2.28. The molecular weight excluding hydrogens is 258 g/mol. The third-order valence-corrected chi connectivity index (χ3v) is 3.37. The quantitative estimate of drug-likeness (QED) is 0.649. The lowest BCUT2D eigenvalue weighted by molar-refractivity contribution is 0.537. The van der Waals surface area contributed by atoms with Crippen LogP contribution < -0.4 is 11.3 Å². The molecular formula is C16H18F2N2. The van der Waals surface area contributed by atoms with E-state index in [2.05, 4.69) is 12.3 Å². The Kier molecular flexibility index (Phi) is 4.82. The van der Waals surface area contributed by atoms with Gasteiger partial charge in [0, 0.05) is 6.07 Å². The van der Waals surface area contributed by atoms with Gasteiger partial charge in [0.1, 0.15) is 11.6 Å². The van der Waals surface area contributed by atoms with Gasteiger partial charge in [-0.2, -0.15) is 0 Å². The molecule has 106 valence electrons. The molecule has 0 radical (unpaired) electrons. The van der Waals surface area contributed by atoms with E-state index < -0.39 is 11.6 Å². The van der Waals surface area contributed by atoms with Crippen LogP contribution in [0.25, 0.3) is 0 Å². The maximum Gasteiger partial charge on any atom is 0.126 e. The fourth-order valence-corrected chi connectivity index (χ4v) is 2.42. The minimum absolute atomic E-state index is 0.174. The second kappa shape index (κ2) is 6.59. The van der Waals surface area contributed by atoms with Crippen molar-refractivity contribution in [2.45, 2.75) is 25.8 Å². The number of nitrogens with one attached hydrogen (secondary N) is 1. The van der Waals surface area contributed by atoms with Crippen molar-refractivity contribution in [3.8, 4) is 0 Å². The van der Waals surface area contributed by atoms with Crippen molar-refractivity contribution in [2.75, 3.05) is 0 Å². The van der Waals surface area contributed by atoms with Crippen molar-refractivity contribution in [3.05, 3.63) is 70.8 Å². The lowest BCUT2D eigenvalue weighted by Crippen LogP contribution is -2.30. The van der Waals surface area contributed by atoms with E-state index in [0.717, 1.165) is 18.1 Å². The van der Waals surface area contributed by atoms with Crippen LogP contribution in [0.1, 0.15) is 29.7 Å². The number of benzene rings is 2. The minimum atomic E-state index is -0.570. The predicted molar refractivity (Wildman–Crippen MR) is 75.9 cm³/mol. The third-order valence-electron chi connectivity index (χ3n) is 3.37. The van der Waals surface area contributed by atoms with Gasteiger partial charge in [-0.15, -0.1) is 0 Å². The van der Waals surface area contributed by atoms with Crippen LogP contribution >= 0.6 is 0 Å². The SMILES string of the molecule is CCc1ccccc1C(Cc1cc(F)cc(F)c1)NN. The number of aryl methyl sites for hydroxylation is 1. The first-order chi connectivity index (χ1) is 9.63. The summed E-state index contributed by atoms with van der Waals surface area (Å²) in [5, 5.41) is 0. The molecule has 4 heteroatoms. The molecule has 20 heavy (non-hydrogen) atoms. The topological polar surface area (TPSA) is 38.0 Å². The zero-order valence-corrected chi connectivity index (χ0v) is 11.4. The highest BCUT2D eigenvalue weighted by molar-refractivity contribution is 5.32. The van der Waals surface area contributed by atoms with Crippen LogP contribution in [0.2, 0.25) is 0 Å². The molecule has 0 aliphatic carbocycles. The van der Waals surface area contributed by atoms with Crippen LogP contribution in [-0.4, -0.2) is 0 Å². The Morgan fingerprint density at radius 2 is 1.75 bits per heavy atom. The molecule has 2 aromatic carbocycles. The highest BCUT2D eigenvalue weighted by Gasteiger charge is 2.14. The van der Waals surface area contributed by atoms with E-state index in [4.69, 9.17) is 5.84 Å². The standard InChI is InChI=1S/C16H18F2N2/c1-2-12-5-3-4-6-15(12)16(20-19)9-11-7-13(17)10-14(18)8-11/h3-8,10,16,20H,2,9,19H2,1H3. The van der Waals surface area contributed by atoms with Gasteiger partial charge in [0.05, 0.1) is 6.04 Å². The molecule has 0 aromatic heterocycles. The highest BCUT2D eigenvalue weighted by atomic mass is 19.1. The molecule has 0 heterocycles. The Morgan fingerprint density at radius 3 is 2.35 bits per heavy atom. The van der Waals surface area contributed by atoms with Gasteiger partial charge in [-0.1, -0.05) is 31.2 Å². The number of hydrogen-bond acceptors (Lipinski definition) is 2. The summed E-state index contributed by atoms with van der Waals surface area (Å²) in [4.78, 5) is 0. The average molecular weight is 276 g/mol. The van der Waals surface area contributed by atoms with Gasteiger partial charge in [0.2, 0.25) is 0 Å². The molecule has 0 saturated heterocycles. The lowest BCUT2D eigenvalue weighted by Gasteiger charge is -2.19. The van der Waals surface area contributed by atoms with Crippen molar-refractivity contribution in [1.82, 2.24) is 5.43 Å². The van der Waals surface area contributed by atoms with E-state index >= 15 is 0 Å². The molecule has 1 unspecified atom stereocenters. The van der Waals surface area contributed by atoms with E-state index in [1.165, 1.54) is 17.7 Å². The molecule has 0 aliphatic rings. The molecule has 0 aliphatic heterocycles. The second-order valence-electron chi connectivity index (χ2n) is 4.75. The minimum Gasteiger partial charge on any atom is -0.271 e. The van der Waals surface area contributed by atoms with Gasteiger partial charge in [0.25, 0.3) is 0 Å². The Bertz CT molecular complexity index is 564. The maximum absolute atomic E-state index is 13.2. The zero-order valence-electron chi connectivity index (χ0n) is 11.4. The first kappa shape index (κ1) is 14.6. The summed E-state index contributed by atoms with van der Waals surface area (Å²) < 4.78 is 26.5. The van der Waals surface area contributed by atoms with Crippen molar-refractivity contribution in [2.24, 2.45) is 5.84 Å². The summed E-state index contributed by atoms with van der Waals surface area (Å²) in [5.41, 5.74) is 5.55. The summed E-state index contributed by atoms with van der Waals surface area (Å²) in [6, 6.07) is 11.3. The molecule has 3 N–H and O–H groups in total. The van der Waals surface area contributed by atoms with Crippen LogP contribution in [0.15, 0.2) is 42.5 Å². The normalized spacial score (nSPS) is 12.4. The smallest absolute Gasteiger partial charge is 0.126 e. The average Bonchev–Trinajstić information content (AvgIpc) is 2.43. The van der Waals surface area contributed by atoms with Gasteiger partial charge in [-0.25, -0.2) is 8.78 Å². The molecule has 2 nitrogen and oxygen atoms in total. The predicted octanol–water partition coefficient (Wildman–Crippen LogP) is 3.27. The number of rotatable bonds is 5. The van der Waals surface area contributed by atoms with Crippen LogP contribution in [0.4, 0.5) is 8.78 Å². The van der Waals surface area contributed by atoms with Crippen molar-refractivity contribution in [1.29, 1.82) is 0 Å². The Morgan fingerprint density at radius 1 is 1.10 bits per heavy atom. The van der Waals surface area contributed by atoms with Crippen LogP contribution in [-0.2, 0) is 12.8 Å². The maximum atomic E-state index is 13.2. The summed E-state index contributed by atoms with van der Waals surface area (Å²) in [6.07, 6.45) is 1.31. The highest BCUT2D eigenvalue weighted by Crippen LogP contribution is 2.22. The van der Waals surface area contributed by atoms with Crippen LogP contribution in [0.5, 0.6) is 0 Å². The van der Waals surface area contributed by atoms with Crippen LogP contribution in [0, 0.1) is 11.6 Å². The number of hydrogen-bond donors (Lipinski definition) is 2. The Labute approximate surface area is 117 Å². The number of halogens is 2. The van der Waals surface area contributed by atoms with Gasteiger partial charge in [-0.3, -0.25) is 11.3 Å². The van der Waals surface area contributed by atoms with E-state index in [-0.39, 0.29) is 6.04 Å². The number of hydrazine groups is 1. The van der Waals surface area contributed by atoms with Crippen molar-refractivity contribution < 1.29 is 8.78 Å². The van der Waals surface area contributed by atoms with E-state index in [1.807, 2.05) is 24.3 Å². The molecule has 0 spiro atoms. The second-order valence-corrected chi connectivity index (χ2v) is 4.75. The summed E-state index contributed by atoms with van der Waals surface area (Å²) >= 11 is 0. The van der Waals surface area contributed by atoms with E-state index in [0.29, 0.717) is 12.0 Å². The van der Waals surface area contributed by atoms with Gasteiger partial charge < -0.3 is 0 Å². The van der Waals surface area contributed by atoms with E-state index in [9.17, 15) is 8.78 Å². The van der Waals surface area contributed by atoms with Gasteiger partial charge in [-0.05, 0) is 41.7 Å². The largest absolute Gasteiger partial charge is 0.271 e. The van der Waals surface area contributed by atoms with Gasteiger partial charge in [0.15, 0.2) is 0 Å². The van der Waals surface area contributed by atoms with Gasteiger partial charge >= 0.3 is 0 Å². The molecule has 0 amide bonds. The Hall–Kier alpha value is -1.78. The zero-order chi connectivity index (χ0) is 14.5. The molecule has 0 fully saturated rings. The first-order valence-electron chi connectivity index (χ1n) is 6.63. The fourth-order valence-electron chi connectivity index (χ4n) is 2.42. The molecule has 2 aromatic rings. The molecule has 0 saturated carbocycles. The summed E-state index contributed by atoms with van der Waals surface area (Å²) in [5.74, 6) is 4.48. The molecule has 2 rings (SSSR count). The fraction of sp³-hybridized carbons (Fsp3) is 0.250.